The summed E-state index contributed by atoms with van der Waals surface area (Å²) >= 11 is 0. The maximum atomic E-state index is 6.58. The van der Waals surface area contributed by atoms with Crippen molar-refractivity contribution in [3.05, 3.63) is 18.6 Å². The first-order valence-electron chi connectivity index (χ1n) is 1.77. The summed E-state index contributed by atoms with van der Waals surface area (Å²) in [5.74, 6) is 0. The van der Waals surface area contributed by atoms with E-state index in [1.54, 1.807) is 6.08 Å². The molecule has 1 nitrogen and oxygen atoms in total. The van der Waals surface area contributed by atoms with Crippen molar-refractivity contribution in [3.8, 4) is 0 Å². The molecule has 0 aromatic carbocycles. The Kier molecular flexibility index (Phi) is 2.38. The van der Waals surface area contributed by atoms with E-state index in [-0.39, 0.29) is 0 Å². The summed E-state index contributed by atoms with van der Waals surface area (Å²) in [6, 6.07) is 0. The van der Waals surface area contributed by atoms with E-state index < -0.39 is 0 Å². The number of hydrogen-bond donors (Lipinski definition) is 1. The average Bonchev–Trinajstić information content (AvgIpc) is 1.65. The number of nitrogens with one attached hydrogen (secondary N) is 1. The molecule has 0 aliphatic heterocycles. The smallest absolute Gasteiger partial charge is 0.0203 e. The van der Waals surface area contributed by atoms with Gasteiger partial charge in [0, 0.05) is 6.21 Å². The predicted octanol–water partition coefficient (Wildman–Crippen LogP) is 1.42. The van der Waals surface area contributed by atoms with E-state index in [1.165, 1.54) is 6.21 Å². The quantitative estimate of drug-likeness (QED) is 0.462. The molecule has 0 saturated heterocycles. The standard InChI is InChI=1S/C5H8N/c1-3-5(2)4-6/h3-4,6H,1H2,2H3. The molecule has 0 aliphatic rings. The van der Waals surface area contributed by atoms with Crippen LogP contribution in [0, 0.1) is 12.3 Å². The van der Waals surface area contributed by atoms with Crippen molar-refractivity contribution in [3.63, 3.8) is 0 Å². The highest BCUT2D eigenvalue weighted by Crippen LogP contribution is 1.80. The van der Waals surface area contributed by atoms with Crippen LogP contribution in [0.4, 0.5) is 0 Å². The van der Waals surface area contributed by atoms with Crippen LogP contribution in [0.5, 0.6) is 0 Å². The molecular weight excluding hydrogens is 74.1 g/mol. The van der Waals surface area contributed by atoms with Crippen molar-refractivity contribution in [2.24, 2.45) is 0 Å². The van der Waals surface area contributed by atoms with Crippen LogP contribution in [0.15, 0.2) is 11.6 Å². The summed E-state index contributed by atoms with van der Waals surface area (Å²) in [5.41, 5.74) is 0.898. The summed E-state index contributed by atoms with van der Waals surface area (Å²) in [5, 5.41) is 6.58. The fraction of sp³-hybridized carbons (Fsp3) is 0.200. The maximum Gasteiger partial charge on any atom is 0.0203 e. The molecule has 1 heteroatoms. The van der Waals surface area contributed by atoms with E-state index in [0.29, 0.717) is 0 Å². The van der Waals surface area contributed by atoms with Gasteiger partial charge in [0.05, 0.1) is 0 Å². The van der Waals surface area contributed by atoms with Gasteiger partial charge in [-0.3, -0.25) is 0 Å². The molecule has 0 atom stereocenters. The van der Waals surface area contributed by atoms with Crippen LogP contribution in [0.2, 0.25) is 0 Å². The summed E-state index contributed by atoms with van der Waals surface area (Å²) in [6.45, 7) is 5.28. The molecule has 0 spiro atoms. The molecule has 0 fully saturated rings. The molecule has 0 aromatic rings. The number of allylic oxidation sites excluding steroid dienone is 2. The Morgan fingerprint density at radius 1 is 1.83 bits per heavy atom. The van der Waals surface area contributed by atoms with Gasteiger partial charge < -0.3 is 5.41 Å². The molecule has 0 aromatic heterocycles. The maximum absolute atomic E-state index is 6.58. The van der Waals surface area contributed by atoms with E-state index in [4.69, 9.17) is 5.41 Å². The molecule has 33 valence electrons. The predicted molar refractivity (Wildman–Crippen MR) is 27.9 cm³/mol. The summed E-state index contributed by atoms with van der Waals surface area (Å²) in [7, 11) is 0. The van der Waals surface area contributed by atoms with E-state index in [0.717, 1.165) is 5.57 Å². The molecule has 1 N–H and O–H groups in total. The van der Waals surface area contributed by atoms with Gasteiger partial charge in [0.15, 0.2) is 0 Å². The lowest BCUT2D eigenvalue weighted by Crippen LogP contribution is -1.68. The largest absolute Gasteiger partial charge is 0.308 e. The topological polar surface area (TPSA) is 23.9 Å². The van der Waals surface area contributed by atoms with Crippen molar-refractivity contribution < 1.29 is 0 Å². The van der Waals surface area contributed by atoms with Gasteiger partial charge in [0.25, 0.3) is 0 Å². The van der Waals surface area contributed by atoms with E-state index in [2.05, 4.69) is 6.92 Å². The molecule has 0 heterocycles. The van der Waals surface area contributed by atoms with Gasteiger partial charge in [-0.05, 0) is 19.4 Å². The van der Waals surface area contributed by atoms with E-state index in [1.807, 2.05) is 6.92 Å². The molecule has 0 amide bonds. The van der Waals surface area contributed by atoms with Gasteiger partial charge in [-0.25, -0.2) is 0 Å². The third-order valence-corrected chi connectivity index (χ3v) is 0.550. The van der Waals surface area contributed by atoms with Crippen LogP contribution in [-0.4, -0.2) is 6.21 Å². The van der Waals surface area contributed by atoms with Crippen molar-refractivity contribution in [2.75, 3.05) is 0 Å². The Labute approximate surface area is 38.2 Å². The van der Waals surface area contributed by atoms with E-state index >= 15 is 0 Å². The SMILES string of the molecule is [CH2]C=C(C)C=N. The van der Waals surface area contributed by atoms with Gasteiger partial charge in [-0.1, -0.05) is 6.08 Å². The van der Waals surface area contributed by atoms with Crippen molar-refractivity contribution in [1.29, 1.82) is 5.41 Å². The monoisotopic (exact) mass is 82.1 g/mol. The Balaban J connectivity index is 3.50. The average molecular weight is 82.1 g/mol. The summed E-state index contributed by atoms with van der Waals surface area (Å²) in [6.07, 6.45) is 2.92. The molecular formula is C5H8N. The molecule has 0 aliphatic carbocycles. The van der Waals surface area contributed by atoms with Crippen LogP contribution in [0.3, 0.4) is 0 Å². The summed E-state index contributed by atoms with van der Waals surface area (Å²) in [4.78, 5) is 0. The fourth-order valence-electron chi connectivity index (χ4n) is 0.0589. The molecule has 0 saturated carbocycles. The van der Waals surface area contributed by atoms with Crippen molar-refractivity contribution in [1.82, 2.24) is 0 Å². The normalized spacial score (nSPS) is 11.3. The number of hydrogen-bond acceptors (Lipinski definition) is 1. The zero-order valence-electron chi connectivity index (χ0n) is 3.86. The third kappa shape index (κ3) is 1.70. The van der Waals surface area contributed by atoms with Gasteiger partial charge in [0.2, 0.25) is 0 Å². The highest BCUT2D eigenvalue weighted by molar-refractivity contribution is 5.74. The highest BCUT2D eigenvalue weighted by Gasteiger charge is 1.68. The minimum absolute atomic E-state index is 0.898. The third-order valence-electron chi connectivity index (χ3n) is 0.550. The minimum Gasteiger partial charge on any atom is -0.308 e. The van der Waals surface area contributed by atoms with Gasteiger partial charge in [-0.15, -0.1) is 0 Å². The number of rotatable bonds is 1. The highest BCUT2D eigenvalue weighted by atomic mass is 14.3. The van der Waals surface area contributed by atoms with Crippen molar-refractivity contribution in [2.45, 2.75) is 6.92 Å². The van der Waals surface area contributed by atoms with Crippen LogP contribution >= 0.6 is 0 Å². The molecule has 1 radical (unpaired) electrons. The Bertz CT molecular complexity index is 72.0. The second-order valence-electron chi connectivity index (χ2n) is 1.09. The zero-order chi connectivity index (χ0) is 4.99. The Hall–Kier alpha value is -0.590. The van der Waals surface area contributed by atoms with Crippen LogP contribution in [0.25, 0.3) is 0 Å². The second-order valence-corrected chi connectivity index (χ2v) is 1.09. The first-order valence-corrected chi connectivity index (χ1v) is 1.77. The lowest BCUT2D eigenvalue weighted by molar-refractivity contribution is 1.50. The zero-order valence-corrected chi connectivity index (χ0v) is 3.86. The second kappa shape index (κ2) is 2.64. The minimum atomic E-state index is 0.898. The van der Waals surface area contributed by atoms with E-state index in [9.17, 15) is 0 Å². The summed E-state index contributed by atoms with van der Waals surface area (Å²) < 4.78 is 0. The lowest BCUT2D eigenvalue weighted by atomic mass is 10.3. The molecule has 6 heavy (non-hydrogen) atoms. The molecule has 0 unspecified atom stereocenters. The van der Waals surface area contributed by atoms with Crippen LogP contribution in [0.1, 0.15) is 6.92 Å². The fourth-order valence-corrected chi connectivity index (χ4v) is 0.0589. The van der Waals surface area contributed by atoms with Gasteiger partial charge in [-0.2, -0.15) is 0 Å². The van der Waals surface area contributed by atoms with Gasteiger partial charge in [0.1, 0.15) is 0 Å². The molecule has 0 rings (SSSR count). The first-order chi connectivity index (χ1) is 2.81. The van der Waals surface area contributed by atoms with Crippen LogP contribution in [-0.2, 0) is 0 Å². The molecule has 0 bridgehead atoms. The van der Waals surface area contributed by atoms with Crippen LogP contribution < -0.4 is 0 Å². The lowest BCUT2D eigenvalue weighted by Gasteiger charge is -1.76. The van der Waals surface area contributed by atoms with Gasteiger partial charge >= 0.3 is 0 Å². The first kappa shape index (κ1) is 5.41. The van der Waals surface area contributed by atoms with Crippen molar-refractivity contribution >= 4 is 6.21 Å². The Morgan fingerprint density at radius 3 is 2.33 bits per heavy atom. The Morgan fingerprint density at radius 2 is 2.33 bits per heavy atom.